The normalized spacial score (nSPS) is 13.7. The van der Waals surface area contributed by atoms with E-state index in [1.54, 1.807) is 31.7 Å². The lowest BCUT2D eigenvalue weighted by atomic mass is 9.92. The van der Waals surface area contributed by atoms with Crippen molar-refractivity contribution in [3.63, 3.8) is 0 Å². The molecule has 3 aromatic rings. The number of esters is 3. The molecule has 2 heterocycles. The van der Waals surface area contributed by atoms with E-state index in [0.717, 1.165) is 33.0 Å². The highest BCUT2D eigenvalue weighted by Gasteiger charge is 2.27. The van der Waals surface area contributed by atoms with E-state index < -0.39 is 30.1 Å². The summed E-state index contributed by atoms with van der Waals surface area (Å²) in [6.45, 7) is 8.63. The molecule has 15 nitrogen and oxygen atoms in total. The van der Waals surface area contributed by atoms with Crippen LogP contribution in [-0.4, -0.2) is 118 Å². The van der Waals surface area contributed by atoms with E-state index in [-0.39, 0.29) is 46.1 Å². The van der Waals surface area contributed by atoms with Gasteiger partial charge in [-0.15, -0.1) is 0 Å². The lowest BCUT2D eigenvalue weighted by Crippen LogP contribution is -2.36. The number of carbonyl (C=O) groups is 3. The summed E-state index contributed by atoms with van der Waals surface area (Å²) < 4.78 is 50.2. The standard InChI is InChI=1S/C48H59N4O11/c1-31-10-15-37-42(22-31)59-20-21-60-43-25-36(47-34-13-11-32(27-49-5)23-40(34)62-41-24-33(50(6)7)12-14-35(41)47)39(61-30-46(55)63-48(2,3)4)26-38(43)52(29-45(54)57-9)17-19-58-18-16-51(37)28-44(53)56-8/h10-15,22-26,49H,16-21,27-30H2,1-9H3/q+1. The minimum atomic E-state index is -0.745. The van der Waals surface area contributed by atoms with Crippen LogP contribution >= 0.6 is 0 Å². The topological polar surface area (TPSA) is 150 Å². The number of methoxy groups -OCH3 is 2. The van der Waals surface area contributed by atoms with E-state index in [0.29, 0.717) is 58.6 Å². The quantitative estimate of drug-likeness (QED) is 0.0823. The maximum atomic E-state index is 13.3. The van der Waals surface area contributed by atoms with Gasteiger partial charge in [-0.2, -0.15) is 0 Å². The third-order valence-electron chi connectivity index (χ3n) is 10.3. The number of nitrogens with one attached hydrogen (secondary N) is 1. The van der Waals surface area contributed by atoms with Crippen molar-refractivity contribution < 1.29 is 52.0 Å². The Hall–Kier alpha value is -6.32. The number of rotatable bonds is 10. The number of ether oxygens (including phenoxy) is 7. The van der Waals surface area contributed by atoms with Crippen LogP contribution in [0.1, 0.15) is 31.9 Å². The van der Waals surface area contributed by atoms with Gasteiger partial charge >= 0.3 is 17.9 Å². The molecule has 0 saturated heterocycles. The van der Waals surface area contributed by atoms with Crippen molar-refractivity contribution in [1.29, 1.82) is 0 Å². The maximum absolute atomic E-state index is 13.3. The van der Waals surface area contributed by atoms with Crippen molar-refractivity contribution in [2.45, 2.75) is 39.8 Å². The first-order chi connectivity index (χ1) is 30.2. The highest BCUT2D eigenvalue weighted by molar-refractivity contribution is 6.04. The van der Waals surface area contributed by atoms with Crippen LogP contribution < -0.4 is 39.3 Å². The van der Waals surface area contributed by atoms with Crippen LogP contribution in [-0.2, 0) is 39.9 Å². The van der Waals surface area contributed by atoms with E-state index in [1.165, 1.54) is 14.2 Å². The van der Waals surface area contributed by atoms with Gasteiger partial charge in [0, 0.05) is 53.8 Å². The van der Waals surface area contributed by atoms with Gasteiger partial charge in [-0.05, 0) is 76.2 Å². The van der Waals surface area contributed by atoms with Gasteiger partial charge < -0.3 is 52.7 Å². The molecule has 0 atom stereocenters. The molecule has 336 valence electrons. The molecular weight excluding hydrogens is 809 g/mol. The highest BCUT2D eigenvalue weighted by Crippen LogP contribution is 2.48. The van der Waals surface area contributed by atoms with Gasteiger partial charge in [0.2, 0.25) is 5.36 Å². The number of nitrogens with zero attached hydrogens (tertiary/aromatic N) is 3. The molecule has 63 heavy (non-hydrogen) atoms. The van der Waals surface area contributed by atoms with Crippen LogP contribution in [0.5, 0.6) is 17.2 Å². The van der Waals surface area contributed by atoms with Crippen molar-refractivity contribution in [1.82, 2.24) is 9.89 Å². The van der Waals surface area contributed by atoms with Gasteiger partial charge in [0.25, 0.3) is 0 Å². The lowest BCUT2D eigenvalue weighted by Gasteiger charge is -2.28. The van der Waals surface area contributed by atoms with E-state index in [1.807, 2.05) is 98.2 Å². The van der Waals surface area contributed by atoms with E-state index >= 15 is 0 Å². The molecule has 0 amide bonds. The minimum absolute atomic E-state index is 0.0199. The zero-order valence-electron chi connectivity index (χ0n) is 37.8. The summed E-state index contributed by atoms with van der Waals surface area (Å²) in [5, 5.41) is 4.96. The van der Waals surface area contributed by atoms with Crippen LogP contribution in [0.25, 0.3) is 33.4 Å². The second kappa shape index (κ2) is 20.7. The fraction of sp³-hybridized carbons (Fsp3) is 0.417. The molecule has 3 aliphatic rings. The van der Waals surface area contributed by atoms with Gasteiger partial charge in [0.05, 0.1) is 44.9 Å². The van der Waals surface area contributed by atoms with Crippen molar-refractivity contribution in [2.24, 2.45) is 0 Å². The third kappa shape index (κ3) is 11.8. The van der Waals surface area contributed by atoms with Crippen molar-refractivity contribution in [3.8, 4) is 39.7 Å². The van der Waals surface area contributed by atoms with Crippen molar-refractivity contribution >= 4 is 40.3 Å². The predicted molar refractivity (Wildman–Crippen MR) is 241 cm³/mol. The smallest absolute Gasteiger partial charge is 0.344 e. The lowest BCUT2D eigenvalue weighted by molar-refractivity contribution is -0.157. The minimum Gasteiger partial charge on any atom is -0.488 e. The van der Waals surface area contributed by atoms with Gasteiger partial charge in [0.15, 0.2) is 6.61 Å². The molecule has 0 radical (unpaired) electrons. The first kappa shape index (κ1) is 46.2. The molecule has 0 saturated carbocycles. The second-order valence-electron chi connectivity index (χ2n) is 16.4. The number of carbonyl (C=O) groups excluding carboxylic acids is 3. The fourth-order valence-electron chi connectivity index (χ4n) is 7.30. The molecule has 0 spiro atoms. The Labute approximate surface area is 368 Å². The molecule has 0 fully saturated rings. The molecule has 0 aromatic heterocycles. The Morgan fingerprint density at radius 3 is 2.06 bits per heavy atom. The van der Waals surface area contributed by atoms with Gasteiger partial charge in [0.1, 0.15) is 74.6 Å². The van der Waals surface area contributed by atoms with E-state index in [4.69, 9.17) is 37.6 Å². The van der Waals surface area contributed by atoms with Gasteiger partial charge in [-0.1, -0.05) is 18.2 Å². The number of benzene rings is 4. The largest absolute Gasteiger partial charge is 0.488 e. The third-order valence-corrected chi connectivity index (χ3v) is 10.3. The average molecular weight is 868 g/mol. The summed E-state index contributed by atoms with van der Waals surface area (Å²) in [6, 6.07) is 21.5. The first-order valence-corrected chi connectivity index (χ1v) is 20.9. The molecule has 0 unspecified atom stereocenters. The zero-order valence-corrected chi connectivity index (χ0v) is 37.8. The molecule has 1 aliphatic carbocycles. The van der Waals surface area contributed by atoms with Crippen LogP contribution in [0.2, 0.25) is 0 Å². The molecule has 6 rings (SSSR count). The van der Waals surface area contributed by atoms with Crippen LogP contribution in [0, 0.1) is 6.92 Å². The Balaban J connectivity index is 1.55. The Morgan fingerprint density at radius 1 is 0.762 bits per heavy atom. The van der Waals surface area contributed by atoms with Crippen LogP contribution in [0.15, 0.2) is 71.1 Å². The summed E-state index contributed by atoms with van der Waals surface area (Å²) in [5.41, 5.74) is 5.27. The van der Waals surface area contributed by atoms with Gasteiger partial charge in [-0.3, -0.25) is 9.59 Å². The SMILES string of the molecule is CNCc1ccc2c(-c3cc4c(cc3OCC(=O)OC(C)(C)C)N(CC(=O)OC)CCOCCN(CC(=O)OC)c3ccc(C)cc3OCCO4)c3ccc(=[N+](C)C)cc-3oc2c1. The van der Waals surface area contributed by atoms with Gasteiger partial charge in [-0.25, -0.2) is 9.37 Å². The number of fused-ring (bicyclic) bond motifs is 4. The number of anilines is 2. The maximum Gasteiger partial charge on any atom is 0.344 e. The number of aryl methyl sites for hydroxylation is 1. The van der Waals surface area contributed by atoms with Crippen LogP contribution in [0.3, 0.4) is 0 Å². The monoisotopic (exact) mass is 867 g/mol. The molecule has 0 bridgehead atoms. The van der Waals surface area contributed by atoms with Crippen molar-refractivity contribution in [3.05, 3.63) is 83.2 Å². The number of hydrogen-bond donors (Lipinski definition) is 1. The predicted octanol–water partition coefficient (Wildman–Crippen LogP) is 5.43. The summed E-state index contributed by atoms with van der Waals surface area (Å²) in [5.74, 6) is 0.485. The van der Waals surface area contributed by atoms with E-state index in [9.17, 15) is 14.4 Å². The molecule has 3 aromatic carbocycles. The molecule has 2 aliphatic heterocycles. The fourth-order valence-corrected chi connectivity index (χ4v) is 7.30. The second-order valence-corrected chi connectivity index (χ2v) is 16.4. The Kier molecular flexibility index (Phi) is 15.2. The van der Waals surface area contributed by atoms with E-state index in [2.05, 4.69) is 5.32 Å². The Bertz CT molecular complexity index is 2470. The summed E-state index contributed by atoms with van der Waals surface area (Å²) in [6.07, 6.45) is 0. The summed E-state index contributed by atoms with van der Waals surface area (Å²) in [7, 11) is 8.51. The van der Waals surface area contributed by atoms with Crippen LogP contribution in [0.4, 0.5) is 11.4 Å². The molecule has 15 heteroatoms. The average Bonchev–Trinajstić information content (AvgIpc) is 3.24. The highest BCUT2D eigenvalue weighted by atomic mass is 16.6. The number of hydrogen-bond acceptors (Lipinski definition) is 14. The summed E-state index contributed by atoms with van der Waals surface area (Å²) >= 11 is 0. The summed E-state index contributed by atoms with van der Waals surface area (Å²) in [4.78, 5) is 42.5. The molecule has 1 N–H and O–H groups in total. The molecular formula is C48H59N4O11+. The van der Waals surface area contributed by atoms with Crippen molar-refractivity contribution in [2.75, 3.05) is 104 Å². The first-order valence-electron chi connectivity index (χ1n) is 20.9. The Morgan fingerprint density at radius 2 is 1.43 bits per heavy atom. The zero-order chi connectivity index (χ0) is 45.3.